The SMILES string of the molecule is CN(CC1CCOCC1)C1CCCC(CO)(NC2CC2)C1. The zero-order valence-electron chi connectivity index (χ0n) is 13.5. The van der Waals surface area contributed by atoms with E-state index in [2.05, 4.69) is 17.3 Å². The Labute approximate surface area is 129 Å². The Balaban J connectivity index is 1.53. The summed E-state index contributed by atoms with van der Waals surface area (Å²) in [6, 6.07) is 1.30. The van der Waals surface area contributed by atoms with Crippen molar-refractivity contribution in [3.8, 4) is 0 Å². The van der Waals surface area contributed by atoms with Gasteiger partial charge in [0.1, 0.15) is 0 Å². The highest BCUT2D eigenvalue weighted by molar-refractivity contribution is 5.00. The summed E-state index contributed by atoms with van der Waals surface area (Å²) in [4.78, 5) is 2.56. The smallest absolute Gasteiger partial charge is 0.0613 e. The molecule has 0 aromatic rings. The number of ether oxygens (including phenoxy) is 1. The second kappa shape index (κ2) is 6.95. The van der Waals surface area contributed by atoms with E-state index in [0.29, 0.717) is 18.7 Å². The van der Waals surface area contributed by atoms with Crippen molar-refractivity contribution in [2.75, 3.05) is 33.4 Å². The molecule has 122 valence electrons. The van der Waals surface area contributed by atoms with Crippen LogP contribution in [0.25, 0.3) is 0 Å². The normalized spacial score (nSPS) is 35.3. The van der Waals surface area contributed by atoms with Crippen molar-refractivity contribution in [1.29, 1.82) is 0 Å². The van der Waals surface area contributed by atoms with Crippen LogP contribution in [0.1, 0.15) is 51.4 Å². The molecule has 0 amide bonds. The van der Waals surface area contributed by atoms with Crippen LogP contribution in [0.3, 0.4) is 0 Å². The van der Waals surface area contributed by atoms with E-state index in [1.54, 1.807) is 0 Å². The molecule has 2 aliphatic carbocycles. The van der Waals surface area contributed by atoms with Gasteiger partial charge >= 0.3 is 0 Å². The highest BCUT2D eigenvalue weighted by atomic mass is 16.5. The van der Waals surface area contributed by atoms with Crippen LogP contribution in [0.2, 0.25) is 0 Å². The number of rotatable bonds is 6. The quantitative estimate of drug-likeness (QED) is 0.784. The topological polar surface area (TPSA) is 44.7 Å². The first-order chi connectivity index (χ1) is 10.2. The fourth-order valence-corrected chi connectivity index (χ4v) is 4.17. The minimum atomic E-state index is -0.00593. The third kappa shape index (κ3) is 4.19. The van der Waals surface area contributed by atoms with Crippen LogP contribution in [0.15, 0.2) is 0 Å². The Bertz CT molecular complexity index is 329. The largest absolute Gasteiger partial charge is 0.394 e. The summed E-state index contributed by atoms with van der Waals surface area (Å²) in [6.45, 7) is 3.37. The van der Waals surface area contributed by atoms with E-state index < -0.39 is 0 Å². The molecule has 2 saturated carbocycles. The molecule has 1 aliphatic heterocycles. The first-order valence-corrected chi connectivity index (χ1v) is 8.87. The van der Waals surface area contributed by atoms with Crippen molar-refractivity contribution >= 4 is 0 Å². The Morgan fingerprint density at radius 1 is 1.19 bits per heavy atom. The molecule has 4 heteroatoms. The van der Waals surface area contributed by atoms with Crippen molar-refractivity contribution in [2.24, 2.45) is 5.92 Å². The summed E-state index contributed by atoms with van der Waals surface area (Å²) in [5, 5.41) is 13.7. The lowest BCUT2D eigenvalue weighted by atomic mass is 9.78. The molecule has 2 atom stereocenters. The van der Waals surface area contributed by atoms with Gasteiger partial charge in [0.05, 0.1) is 6.61 Å². The van der Waals surface area contributed by atoms with Gasteiger partial charge in [0.25, 0.3) is 0 Å². The Morgan fingerprint density at radius 2 is 1.95 bits per heavy atom. The molecule has 0 aromatic heterocycles. The molecule has 1 heterocycles. The monoisotopic (exact) mass is 296 g/mol. The number of hydrogen-bond acceptors (Lipinski definition) is 4. The lowest BCUT2D eigenvalue weighted by Gasteiger charge is -2.44. The summed E-state index contributed by atoms with van der Waals surface area (Å²) in [5.74, 6) is 0.797. The predicted octanol–water partition coefficient (Wildman–Crippen LogP) is 1.77. The molecule has 1 saturated heterocycles. The fourth-order valence-electron chi connectivity index (χ4n) is 4.17. The van der Waals surface area contributed by atoms with Crippen LogP contribution < -0.4 is 5.32 Å². The lowest BCUT2D eigenvalue weighted by Crippen LogP contribution is -2.56. The van der Waals surface area contributed by atoms with Crippen molar-refractivity contribution < 1.29 is 9.84 Å². The van der Waals surface area contributed by atoms with Gasteiger partial charge in [0.15, 0.2) is 0 Å². The molecule has 0 radical (unpaired) electrons. The van der Waals surface area contributed by atoms with Gasteiger partial charge in [-0.25, -0.2) is 0 Å². The van der Waals surface area contributed by atoms with Gasteiger partial charge in [-0.2, -0.15) is 0 Å². The van der Waals surface area contributed by atoms with Gasteiger partial charge in [-0.3, -0.25) is 0 Å². The molecule has 0 spiro atoms. The molecule has 0 aromatic carbocycles. The molecule has 4 nitrogen and oxygen atoms in total. The standard InChI is InChI=1S/C17H32N2O2/c1-19(12-14-6-9-21-10-7-14)16-3-2-8-17(11-16,13-20)18-15-4-5-15/h14-16,18,20H,2-13H2,1H3. The molecule has 3 rings (SSSR count). The number of aliphatic hydroxyl groups is 1. The van der Waals surface area contributed by atoms with Crippen LogP contribution >= 0.6 is 0 Å². The van der Waals surface area contributed by atoms with Crippen LogP contribution in [0, 0.1) is 5.92 Å². The van der Waals surface area contributed by atoms with Crippen LogP contribution in [-0.2, 0) is 4.74 Å². The molecule has 3 aliphatic rings. The second-order valence-electron chi connectivity index (χ2n) is 7.60. The first-order valence-electron chi connectivity index (χ1n) is 8.87. The van der Waals surface area contributed by atoms with E-state index >= 15 is 0 Å². The summed E-state index contributed by atoms with van der Waals surface area (Å²) in [6.07, 6.45) is 9.79. The van der Waals surface area contributed by atoms with Crippen molar-refractivity contribution in [2.45, 2.75) is 69.0 Å². The highest BCUT2D eigenvalue weighted by Crippen LogP contribution is 2.34. The summed E-state index contributed by atoms with van der Waals surface area (Å²) in [5.41, 5.74) is -0.00593. The van der Waals surface area contributed by atoms with E-state index in [1.165, 1.54) is 45.1 Å². The molecule has 2 N–H and O–H groups in total. The Hall–Kier alpha value is -0.160. The maximum atomic E-state index is 9.94. The molecule has 3 fully saturated rings. The van der Waals surface area contributed by atoms with Crippen LogP contribution in [-0.4, -0.2) is 61.0 Å². The summed E-state index contributed by atoms with van der Waals surface area (Å²) >= 11 is 0. The zero-order chi connectivity index (χ0) is 14.7. The fraction of sp³-hybridized carbons (Fsp3) is 1.00. The molecule has 2 unspecified atom stereocenters. The van der Waals surface area contributed by atoms with Crippen molar-refractivity contribution in [3.63, 3.8) is 0 Å². The van der Waals surface area contributed by atoms with E-state index in [9.17, 15) is 5.11 Å². The highest BCUT2D eigenvalue weighted by Gasteiger charge is 2.40. The van der Waals surface area contributed by atoms with Gasteiger partial charge in [-0.15, -0.1) is 0 Å². The lowest BCUT2D eigenvalue weighted by molar-refractivity contribution is 0.0320. The summed E-state index contributed by atoms with van der Waals surface area (Å²) < 4.78 is 5.47. The third-order valence-corrected chi connectivity index (χ3v) is 5.72. The van der Waals surface area contributed by atoms with Gasteiger partial charge in [0.2, 0.25) is 0 Å². The number of hydrogen-bond donors (Lipinski definition) is 2. The summed E-state index contributed by atoms with van der Waals surface area (Å²) in [7, 11) is 2.28. The van der Waals surface area contributed by atoms with Crippen molar-refractivity contribution in [3.05, 3.63) is 0 Å². The van der Waals surface area contributed by atoms with E-state index in [1.807, 2.05) is 0 Å². The second-order valence-corrected chi connectivity index (χ2v) is 7.60. The zero-order valence-corrected chi connectivity index (χ0v) is 13.5. The van der Waals surface area contributed by atoms with E-state index in [-0.39, 0.29) is 5.54 Å². The number of aliphatic hydroxyl groups excluding tert-OH is 1. The van der Waals surface area contributed by atoms with Crippen LogP contribution in [0.4, 0.5) is 0 Å². The average molecular weight is 296 g/mol. The Morgan fingerprint density at radius 3 is 2.62 bits per heavy atom. The van der Waals surface area contributed by atoms with Gasteiger partial charge in [-0.1, -0.05) is 0 Å². The molecular formula is C17H32N2O2. The number of nitrogens with zero attached hydrogens (tertiary/aromatic N) is 1. The van der Waals surface area contributed by atoms with Gasteiger partial charge in [-0.05, 0) is 64.3 Å². The van der Waals surface area contributed by atoms with Crippen molar-refractivity contribution in [1.82, 2.24) is 10.2 Å². The van der Waals surface area contributed by atoms with E-state index in [0.717, 1.165) is 32.0 Å². The Kier molecular flexibility index (Phi) is 5.20. The average Bonchev–Trinajstić information content (AvgIpc) is 3.32. The van der Waals surface area contributed by atoms with Gasteiger partial charge in [0, 0.05) is 37.4 Å². The van der Waals surface area contributed by atoms with Crippen LogP contribution in [0.5, 0.6) is 0 Å². The predicted molar refractivity (Wildman–Crippen MR) is 84.4 cm³/mol. The minimum Gasteiger partial charge on any atom is -0.394 e. The maximum absolute atomic E-state index is 9.94. The van der Waals surface area contributed by atoms with Gasteiger partial charge < -0.3 is 20.1 Å². The first kappa shape index (κ1) is 15.7. The number of nitrogens with one attached hydrogen (secondary N) is 1. The van der Waals surface area contributed by atoms with E-state index in [4.69, 9.17) is 4.74 Å². The molecule has 0 bridgehead atoms. The molecule has 21 heavy (non-hydrogen) atoms. The third-order valence-electron chi connectivity index (χ3n) is 5.72. The maximum Gasteiger partial charge on any atom is 0.0613 e. The molecular weight excluding hydrogens is 264 g/mol. The minimum absolute atomic E-state index is 0.00593.